The van der Waals surface area contributed by atoms with Gasteiger partial charge in [0, 0.05) is 24.8 Å². The van der Waals surface area contributed by atoms with Crippen LogP contribution in [0.15, 0.2) is 12.3 Å². The number of nitrogens with one attached hydrogen (secondary N) is 2. The lowest BCUT2D eigenvalue weighted by molar-refractivity contribution is -0.384. The molecule has 12 heteroatoms. The summed E-state index contributed by atoms with van der Waals surface area (Å²) >= 11 is 0. The van der Waals surface area contributed by atoms with Crippen molar-refractivity contribution in [2.45, 2.75) is 66.0 Å². The standard InChI is InChI=1S/C21H32N6O6/c1-7-13(2)15(23-20(30)33-21(4,5)6)18(28)25-11-8-12-26(25)19(29)24-17-16(27(31)32)14(3)9-10-22-17/h9-10,13,15H,7-8,11-12H2,1-6H3,(H,23,30)(H,22,24,29). The maximum atomic E-state index is 13.4. The summed E-state index contributed by atoms with van der Waals surface area (Å²) in [7, 11) is 0. The van der Waals surface area contributed by atoms with Crippen LogP contribution in [0, 0.1) is 23.0 Å². The third-order valence-electron chi connectivity index (χ3n) is 5.21. The number of carbonyl (C=O) groups excluding carboxylic acids is 3. The zero-order valence-electron chi connectivity index (χ0n) is 19.9. The predicted molar refractivity (Wildman–Crippen MR) is 120 cm³/mol. The summed E-state index contributed by atoms with van der Waals surface area (Å²) in [5.74, 6) is -0.890. The van der Waals surface area contributed by atoms with Gasteiger partial charge < -0.3 is 10.1 Å². The molecule has 33 heavy (non-hydrogen) atoms. The molecular formula is C21H32N6O6. The van der Waals surface area contributed by atoms with Gasteiger partial charge in [0.15, 0.2) is 0 Å². The number of hydrazine groups is 1. The molecule has 2 unspecified atom stereocenters. The maximum Gasteiger partial charge on any atom is 0.408 e. The van der Waals surface area contributed by atoms with E-state index in [0.29, 0.717) is 18.4 Å². The van der Waals surface area contributed by atoms with Gasteiger partial charge in [0.2, 0.25) is 5.82 Å². The van der Waals surface area contributed by atoms with E-state index < -0.39 is 34.6 Å². The minimum atomic E-state index is -0.912. The highest BCUT2D eigenvalue weighted by atomic mass is 16.6. The smallest absolute Gasteiger partial charge is 0.408 e. The molecule has 2 atom stereocenters. The van der Waals surface area contributed by atoms with Gasteiger partial charge in [0.1, 0.15) is 11.6 Å². The number of hydrogen-bond donors (Lipinski definition) is 2. The van der Waals surface area contributed by atoms with Gasteiger partial charge in [-0.05, 0) is 46.1 Å². The lowest BCUT2D eigenvalue weighted by atomic mass is 9.98. The number of anilines is 1. The molecule has 0 bridgehead atoms. The lowest BCUT2D eigenvalue weighted by Crippen LogP contribution is -2.56. The molecule has 2 heterocycles. The predicted octanol–water partition coefficient (Wildman–Crippen LogP) is 3.22. The monoisotopic (exact) mass is 464 g/mol. The van der Waals surface area contributed by atoms with E-state index in [9.17, 15) is 24.5 Å². The van der Waals surface area contributed by atoms with Crippen LogP contribution in [0.3, 0.4) is 0 Å². The summed E-state index contributed by atoms with van der Waals surface area (Å²) in [5.41, 5.74) is -0.701. The Hall–Kier alpha value is -3.44. The summed E-state index contributed by atoms with van der Waals surface area (Å²) in [6, 6.07) is -0.162. The van der Waals surface area contributed by atoms with Gasteiger partial charge in [-0.3, -0.25) is 20.2 Å². The van der Waals surface area contributed by atoms with Crippen molar-refractivity contribution in [1.29, 1.82) is 0 Å². The van der Waals surface area contributed by atoms with E-state index in [1.165, 1.54) is 22.3 Å². The highest BCUT2D eigenvalue weighted by Crippen LogP contribution is 2.26. The van der Waals surface area contributed by atoms with Gasteiger partial charge in [-0.15, -0.1) is 0 Å². The fraction of sp³-hybridized carbons (Fsp3) is 0.619. The number of alkyl carbamates (subject to hydrolysis) is 1. The van der Waals surface area contributed by atoms with Crippen LogP contribution in [-0.2, 0) is 9.53 Å². The topological polar surface area (TPSA) is 147 Å². The SMILES string of the molecule is CCC(C)C(NC(=O)OC(C)(C)C)C(=O)N1CCCN1C(=O)Nc1nccc(C)c1[N+](=O)[O-]. The molecule has 0 aromatic carbocycles. The molecule has 1 aliphatic rings. The number of ether oxygens (including phenoxy) is 1. The molecule has 4 amide bonds. The van der Waals surface area contributed by atoms with Gasteiger partial charge in [-0.2, -0.15) is 0 Å². The van der Waals surface area contributed by atoms with Gasteiger partial charge in [-0.1, -0.05) is 20.3 Å². The van der Waals surface area contributed by atoms with E-state index in [0.717, 1.165) is 0 Å². The molecule has 1 aromatic heterocycles. The number of carbonyl (C=O) groups is 3. The fourth-order valence-electron chi connectivity index (χ4n) is 3.37. The molecule has 1 aromatic rings. The van der Waals surface area contributed by atoms with Gasteiger partial charge in [-0.25, -0.2) is 24.6 Å². The Morgan fingerprint density at radius 1 is 1.27 bits per heavy atom. The third-order valence-corrected chi connectivity index (χ3v) is 5.21. The number of urea groups is 1. The summed E-state index contributed by atoms with van der Waals surface area (Å²) in [6.07, 6.45) is 1.75. The molecule has 1 saturated heterocycles. The Balaban J connectivity index is 2.22. The summed E-state index contributed by atoms with van der Waals surface area (Å²) in [5, 5.41) is 18.9. The minimum Gasteiger partial charge on any atom is -0.444 e. The fourth-order valence-corrected chi connectivity index (χ4v) is 3.37. The first-order valence-electron chi connectivity index (χ1n) is 10.8. The van der Waals surface area contributed by atoms with Crippen LogP contribution >= 0.6 is 0 Å². The number of aryl methyl sites for hydroxylation is 1. The van der Waals surface area contributed by atoms with Crippen LogP contribution in [0.5, 0.6) is 0 Å². The molecule has 2 N–H and O–H groups in total. The number of amides is 4. The summed E-state index contributed by atoms with van der Waals surface area (Å²) in [6.45, 7) is 10.9. The van der Waals surface area contributed by atoms with E-state index in [1.807, 2.05) is 13.8 Å². The van der Waals surface area contributed by atoms with Crippen molar-refractivity contribution in [3.63, 3.8) is 0 Å². The van der Waals surface area contributed by atoms with Crippen LogP contribution in [0.4, 0.5) is 21.1 Å². The molecule has 1 aliphatic heterocycles. The first-order chi connectivity index (χ1) is 15.4. The van der Waals surface area contributed by atoms with Crippen molar-refractivity contribution < 1.29 is 24.0 Å². The van der Waals surface area contributed by atoms with Crippen LogP contribution in [0.1, 0.15) is 53.0 Å². The number of aromatic nitrogens is 1. The van der Waals surface area contributed by atoms with Gasteiger partial charge in [0.05, 0.1) is 4.92 Å². The number of hydrogen-bond acceptors (Lipinski definition) is 7. The second kappa shape index (κ2) is 10.5. The average Bonchev–Trinajstić information content (AvgIpc) is 3.19. The first-order valence-corrected chi connectivity index (χ1v) is 10.8. The molecule has 0 radical (unpaired) electrons. The molecule has 0 saturated carbocycles. The van der Waals surface area contributed by atoms with Crippen LogP contribution in [0.25, 0.3) is 0 Å². The lowest BCUT2D eigenvalue weighted by Gasteiger charge is -2.33. The van der Waals surface area contributed by atoms with Crippen molar-refractivity contribution in [1.82, 2.24) is 20.3 Å². The van der Waals surface area contributed by atoms with E-state index >= 15 is 0 Å². The zero-order chi connectivity index (χ0) is 24.9. The highest BCUT2D eigenvalue weighted by Gasteiger charge is 2.38. The number of pyridine rings is 1. The Bertz CT molecular complexity index is 915. The van der Waals surface area contributed by atoms with Crippen molar-refractivity contribution in [3.05, 3.63) is 27.9 Å². The van der Waals surface area contributed by atoms with Crippen molar-refractivity contribution in [2.75, 3.05) is 18.4 Å². The van der Waals surface area contributed by atoms with Crippen molar-refractivity contribution in [2.24, 2.45) is 5.92 Å². The molecule has 2 rings (SSSR count). The van der Waals surface area contributed by atoms with Crippen molar-refractivity contribution in [3.8, 4) is 0 Å². The first kappa shape index (κ1) is 25.8. The van der Waals surface area contributed by atoms with Crippen LogP contribution < -0.4 is 10.6 Å². The quantitative estimate of drug-likeness (QED) is 0.485. The van der Waals surface area contributed by atoms with E-state index in [2.05, 4.69) is 15.6 Å². The van der Waals surface area contributed by atoms with Crippen LogP contribution in [0.2, 0.25) is 0 Å². The molecule has 12 nitrogen and oxygen atoms in total. The second-order valence-electron chi connectivity index (χ2n) is 8.96. The zero-order valence-corrected chi connectivity index (χ0v) is 19.9. The van der Waals surface area contributed by atoms with Crippen LogP contribution in [-0.4, -0.2) is 62.7 Å². The average molecular weight is 465 g/mol. The maximum absolute atomic E-state index is 13.4. The largest absolute Gasteiger partial charge is 0.444 e. The van der Waals surface area contributed by atoms with E-state index in [-0.39, 0.29) is 30.5 Å². The number of nitro groups is 1. The number of rotatable bonds is 6. The molecular weight excluding hydrogens is 432 g/mol. The van der Waals surface area contributed by atoms with Gasteiger partial charge in [0.25, 0.3) is 5.91 Å². The molecule has 0 aliphatic carbocycles. The third kappa shape index (κ3) is 6.53. The normalized spacial score (nSPS) is 15.6. The Kier molecular flexibility index (Phi) is 8.18. The van der Waals surface area contributed by atoms with E-state index in [4.69, 9.17) is 4.74 Å². The van der Waals surface area contributed by atoms with Crippen molar-refractivity contribution >= 4 is 29.5 Å². The Labute approximate surface area is 192 Å². The van der Waals surface area contributed by atoms with E-state index in [1.54, 1.807) is 27.7 Å². The molecule has 0 spiro atoms. The minimum absolute atomic E-state index is 0.199. The second-order valence-corrected chi connectivity index (χ2v) is 8.96. The molecule has 1 fully saturated rings. The number of nitrogens with zero attached hydrogens (tertiary/aromatic N) is 4. The van der Waals surface area contributed by atoms with Gasteiger partial charge >= 0.3 is 17.8 Å². The Morgan fingerprint density at radius 2 is 1.91 bits per heavy atom. The highest BCUT2D eigenvalue weighted by molar-refractivity contribution is 5.94. The molecule has 182 valence electrons. The summed E-state index contributed by atoms with van der Waals surface area (Å²) < 4.78 is 5.29. The Morgan fingerprint density at radius 3 is 2.48 bits per heavy atom. The summed E-state index contributed by atoms with van der Waals surface area (Å²) in [4.78, 5) is 53.3.